The monoisotopic (exact) mass is 433 g/mol. The quantitative estimate of drug-likeness (QED) is 0.717. The van der Waals surface area contributed by atoms with E-state index in [2.05, 4.69) is 15.0 Å². The molecule has 1 amide bonds. The Balaban J connectivity index is 1.51. The zero-order valence-corrected chi connectivity index (χ0v) is 18.1. The van der Waals surface area contributed by atoms with Gasteiger partial charge in [-0.15, -0.1) is 0 Å². The Bertz CT molecular complexity index is 1010. The van der Waals surface area contributed by atoms with Gasteiger partial charge < -0.3 is 14.3 Å². The number of likely N-dealkylation sites (N-methyl/N-ethyl adjacent to an activating group) is 1. The Morgan fingerprint density at radius 1 is 1.17 bits per heavy atom. The molecule has 9 nitrogen and oxygen atoms in total. The van der Waals surface area contributed by atoms with Crippen LogP contribution in [0.5, 0.6) is 0 Å². The molecule has 30 heavy (non-hydrogen) atoms. The fourth-order valence-corrected chi connectivity index (χ4v) is 5.46. The predicted molar refractivity (Wildman–Crippen MR) is 110 cm³/mol. The summed E-state index contributed by atoms with van der Waals surface area (Å²) in [5.41, 5.74) is 0.382. The number of piperazine rings is 1. The van der Waals surface area contributed by atoms with Crippen molar-refractivity contribution in [2.45, 2.75) is 30.6 Å². The van der Waals surface area contributed by atoms with Crippen LogP contribution in [0.15, 0.2) is 33.7 Å². The van der Waals surface area contributed by atoms with Gasteiger partial charge in [0.25, 0.3) is 5.91 Å². The van der Waals surface area contributed by atoms with Crippen LogP contribution in [0.4, 0.5) is 0 Å². The lowest BCUT2D eigenvalue weighted by Crippen LogP contribution is -2.47. The summed E-state index contributed by atoms with van der Waals surface area (Å²) in [7, 11) is -1.64. The molecule has 0 saturated carbocycles. The summed E-state index contributed by atoms with van der Waals surface area (Å²) < 4.78 is 32.9. The minimum absolute atomic E-state index is 0.00107. The van der Waals surface area contributed by atoms with Crippen molar-refractivity contribution in [3.05, 3.63) is 41.5 Å². The summed E-state index contributed by atoms with van der Waals surface area (Å²) in [6.07, 6.45) is 1.71. The number of benzene rings is 1. The molecule has 0 spiro atoms. The highest BCUT2D eigenvalue weighted by Gasteiger charge is 2.31. The van der Waals surface area contributed by atoms with Crippen molar-refractivity contribution in [1.29, 1.82) is 0 Å². The van der Waals surface area contributed by atoms with E-state index in [9.17, 15) is 13.2 Å². The van der Waals surface area contributed by atoms with Crippen LogP contribution in [0.25, 0.3) is 0 Å². The normalized spacial score (nSPS) is 21.7. The van der Waals surface area contributed by atoms with E-state index in [4.69, 9.17) is 4.52 Å². The van der Waals surface area contributed by atoms with E-state index < -0.39 is 10.0 Å². The first-order valence-electron chi connectivity index (χ1n) is 10.2. The van der Waals surface area contributed by atoms with Crippen LogP contribution in [-0.2, 0) is 10.0 Å². The number of likely N-dealkylation sites (tertiary alicyclic amines) is 1. The summed E-state index contributed by atoms with van der Waals surface area (Å²) in [6, 6.07) is 6.37. The number of hydrogen-bond acceptors (Lipinski definition) is 7. The first kappa shape index (κ1) is 21.0. The number of carbonyl (C=O) groups excluding carboxylic acids is 1. The second-order valence-corrected chi connectivity index (χ2v) is 9.94. The largest absolute Gasteiger partial charge is 0.339 e. The van der Waals surface area contributed by atoms with Gasteiger partial charge in [-0.05, 0) is 45.0 Å². The van der Waals surface area contributed by atoms with Crippen molar-refractivity contribution >= 4 is 15.9 Å². The Kier molecular flexibility index (Phi) is 5.90. The second-order valence-electron chi connectivity index (χ2n) is 8.01. The van der Waals surface area contributed by atoms with Gasteiger partial charge in [0.05, 0.1) is 10.8 Å². The lowest BCUT2D eigenvalue weighted by atomic mass is 9.97. The van der Waals surface area contributed by atoms with Crippen molar-refractivity contribution in [2.24, 2.45) is 0 Å². The number of aryl methyl sites for hydroxylation is 1. The molecule has 2 aromatic rings. The van der Waals surface area contributed by atoms with Crippen molar-refractivity contribution in [3.63, 3.8) is 0 Å². The molecular formula is C20H27N5O4S. The lowest BCUT2D eigenvalue weighted by Gasteiger charge is -2.32. The number of piperidine rings is 1. The third-order valence-electron chi connectivity index (χ3n) is 5.78. The predicted octanol–water partition coefficient (Wildman–Crippen LogP) is 1.33. The summed E-state index contributed by atoms with van der Waals surface area (Å²) in [6.45, 7) is 5.17. The van der Waals surface area contributed by atoms with Crippen molar-refractivity contribution in [1.82, 2.24) is 24.2 Å². The molecule has 2 saturated heterocycles. The summed E-state index contributed by atoms with van der Waals surface area (Å²) in [5, 5.41) is 3.84. The highest BCUT2D eigenvalue weighted by molar-refractivity contribution is 7.89. The second kappa shape index (κ2) is 8.44. The van der Waals surface area contributed by atoms with Crippen molar-refractivity contribution < 1.29 is 17.7 Å². The molecule has 10 heteroatoms. The number of aromatic nitrogens is 2. The van der Waals surface area contributed by atoms with Gasteiger partial charge in [-0.1, -0.05) is 11.2 Å². The van der Waals surface area contributed by atoms with Gasteiger partial charge in [-0.2, -0.15) is 9.29 Å². The van der Waals surface area contributed by atoms with Crippen LogP contribution in [0.2, 0.25) is 0 Å². The van der Waals surface area contributed by atoms with Gasteiger partial charge in [-0.3, -0.25) is 4.79 Å². The van der Waals surface area contributed by atoms with E-state index >= 15 is 0 Å². The molecule has 2 fully saturated rings. The number of nitrogens with zero attached hydrogens (tertiary/aromatic N) is 5. The third kappa shape index (κ3) is 4.26. The lowest BCUT2D eigenvalue weighted by molar-refractivity contribution is 0.0695. The molecule has 1 unspecified atom stereocenters. The Morgan fingerprint density at radius 2 is 1.93 bits per heavy atom. The molecule has 162 valence electrons. The molecule has 0 radical (unpaired) electrons. The number of rotatable bonds is 4. The maximum Gasteiger partial charge on any atom is 0.253 e. The van der Waals surface area contributed by atoms with Gasteiger partial charge in [0.2, 0.25) is 15.9 Å². The summed E-state index contributed by atoms with van der Waals surface area (Å²) >= 11 is 0. The molecule has 0 bridgehead atoms. The third-order valence-corrected chi connectivity index (χ3v) is 7.68. The van der Waals surface area contributed by atoms with E-state index in [0.29, 0.717) is 56.5 Å². The topological polar surface area (TPSA) is 99.8 Å². The van der Waals surface area contributed by atoms with Crippen LogP contribution in [0.1, 0.15) is 40.8 Å². The molecule has 3 heterocycles. The summed E-state index contributed by atoms with van der Waals surface area (Å²) in [4.78, 5) is 21.4. The molecular weight excluding hydrogens is 406 g/mol. The molecule has 2 aliphatic rings. The van der Waals surface area contributed by atoms with Crippen LogP contribution >= 0.6 is 0 Å². The first-order valence-corrected chi connectivity index (χ1v) is 11.7. The molecule has 1 aromatic heterocycles. The van der Waals surface area contributed by atoms with Crippen molar-refractivity contribution in [2.75, 3.05) is 46.3 Å². The minimum atomic E-state index is -3.62. The van der Waals surface area contributed by atoms with Gasteiger partial charge in [0, 0.05) is 44.8 Å². The SMILES string of the molecule is Cc1noc(C2CCCN(C(=O)c3cccc(S(=O)(=O)N4CCN(C)CC4)c3)C2)n1. The number of carbonyl (C=O) groups is 1. The van der Waals surface area contributed by atoms with Crippen LogP contribution in [-0.4, -0.2) is 84.9 Å². The highest BCUT2D eigenvalue weighted by atomic mass is 32.2. The van der Waals surface area contributed by atoms with Gasteiger partial charge in [0.15, 0.2) is 5.82 Å². The molecule has 4 rings (SSSR count). The Labute approximate surface area is 176 Å². The van der Waals surface area contributed by atoms with E-state index in [0.717, 1.165) is 12.8 Å². The standard InChI is InChI=1S/C20H27N5O4S/c1-15-21-19(29-22-15)17-6-4-8-24(14-17)20(26)16-5-3-7-18(13-16)30(27,28)25-11-9-23(2)10-12-25/h3,5,7,13,17H,4,6,8-12,14H2,1-2H3. The van der Waals surface area contributed by atoms with Gasteiger partial charge >= 0.3 is 0 Å². The van der Waals surface area contributed by atoms with E-state index in [1.807, 2.05) is 7.05 Å². The maximum absolute atomic E-state index is 13.1. The zero-order chi connectivity index (χ0) is 21.3. The smallest absolute Gasteiger partial charge is 0.253 e. The molecule has 2 aliphatic heterocycles. The van der Waals surface area contributed by atoms with E-state index in [1.165, 1.54) is 10.4 Å². The number of hydrogen-bond donors (Lipinski definition) is 0. The summed E-state index contributed by atoms with van der Waals surface area (Å²) in [5.74, 6) is 0.958. The van der Waals surface area contributed by atoms with Crippen LogP contribution in [0, 0.1) is 6.92 Å². The minimum Gasteiger partial charge on any atom is -0.339 e. The van der Waals surface area contributed by atoms with Gasteiger partial charge in [-0.25, -0.2) is 8.42 Å². The molecule has 0 aliphatic carbocycles. The average Bonchev–Trinajstić information content (AvgIpc) is 3.20. The fourth-order valence-electron chi connectivity index (χ4n) is 3.99. The highest BCUT2D eigenvalue weighted by Crippen LogP contribution is 2.27. The van der Waals surface area contributed by atoms with Gasteiger partial charge in [0.1, 0.15) is 0 Å². The zero-order valence-electron chi connectivity index (χ0n) is 17.3. The Hall–Kier alpha value is -2.30. The molecule has 0 N–H and O–H groups in total. The number of sulfonamides is 1. The first-order chi connectivity index (χ1) is 14.3. The maximum atomic E-state index is 13.1. The average molecular weight is 434 g/mol. The van der Waals surface area contributed by atoms with E-state index in [-0.39, 0.29) is 16.7 Å². The number of amides is 1. The van der Waals surface area contributed by atoms with Crippen molar-refractivity contribution in [3.8, 4) is 0 Å². The Morgan fingerprint density at radius 3 is 2.63 bits per heavy atom. The van der Waals surface area contributed by atoms with E-state index in [1.54, 1.807) is 30.0 Å². The molecule has 1 atom stereocenters. The molecule has 1 aromatic carbocycles. The van der Waals surface area contributed by atoms with Crippen LogP contribution in [0.3, 0.4) is 0 Å². The van der Waals surface area contributed by atoms with Crippen LogP contribution < -0.4 is 0 Å². The fraction of sp³-hybridized carbons (Fsp3) is 0.550.